The average molecular weight is 383 g/mol. The van der Waals surface area contributed by atoms with Crippen LogP contribution in [0.5, 0.6) is 0 Å². The lowest BCUT2D eigenvalue weighted by molar-refractivity contribution is -0.140. The monoisotopic (exact) mass is 383 g/mol. The second kappa shape index (κ2) is 9.36. The number of aliphatic carboxylic acids is 2. The maximum atomic E-state index is 12.2. The number of hydrogen-bond donors (Lipinski definition) is 2. The van der Waals surface area contributed by atoms with E-state index in [1.165, 1.54) is 24.3 Å². The molecule has 1 heterocycles. The van der Waals surface area contributed by atoms with E-state index in [4.69, 9.17) is 14.6 Å². The van der Waals surface area contributed by atoms with Gasteiger partial charge in [0.15, 0.2) is 0 Å². The number of anilines is 1. The summed E-state index contributed by atoms with van der Waals surface area (Å²) in [7, 11) is 0. The summed E-state index contributed by atoms with van der Waals surface area (Å²) in [6.45, 7) is 5.80. The molecule has 146 valence electrons. The van der Waals surface area contributed by atoms with E-state index < -0.39 is 23.1 Å². The van der Waals surface area contributed by atoms with Crippen LogP contribution in [0.15, 0.2) is 63.4 Å². The molecule has 0 spiro atoms. The summed E-state index contributed by atoms with van der Waals surface area (Å²) in [6.07, 6.45) is 6.67. The quantitative estimate of drug-likeness (QED) is 0.237. The van der Waals surface area contributed by atoms with Gasteiger partial charge in [-0.2, -0.15) is 0 Å². The molecule has 0 amide bonds. The van der Waals surface area contributed by atoms with Crippen molar-refractivity contribution >= 4 is 34.7 Å². The van der Waals surface area contributed by atoms with Gasteiger partial charge < -0.3 is 19.5 Å². The molecule has 0 radical (unpaired) electrons. The average Bonchev–Trinajstić information content (AvgIpc) is 2.65. The highest BCUT2D eigenvalue weighted by Gasteiger charge is 2.13. The van der Waals surface area contributed by atoms with Crippen LogP contribution in [-0.2, 0) is 9.59 Å². The van der Waals surface area contributed by atoms with Crippen LogP contribution in [0.2, 0.25) is 0 Å². The van der Waals surface area contributed by atoms with E-state index in [0.29, 0.717) is 11.1 Å². The summed E-state index contributed by atoms with van der Waals surface area (Å²) in [5.41, 5.74) is 0.553. The summed E-state index contributed by atoms with van der Waals surface area (Å²) in [5.74, 6) is -3.05. The molecule has 0 saturated carbocycles. The molecular weight excluding hydrogens is 362 g/mol. The van der Waals surface area contributed by atoms with E-state index in [9.17, 15) is 14.4 Å². The molecule has 2 aromatic rings. The maximum absolute atomic E-state index is 12.2. The van der Waals surface area contributed by atoms with E-state index in [1.54, 1.807) is 6.07 Å². The van der Waals surface area contributed by atoms with E-state index in [-0.39, 0.29) is 0 Å². The molecule has 0 aliphatic rings. The Bertz CT molecular complexity index is 1010. The van der Waals surface area contributed by atoms with E-state index >= 15 is 0 Å². The number of fused-ring (bicyclic) bond motifs is 1. The van der Waals surface area contributed by atoms with E-state index in [2.05, 4.69) is 18.7 Å². The van der Waals surface area contributed by atoms with Gasteiger partial charge in [-0.05, 0) is 44.2 Å². The summed E-state index contributed by atoms with van der Waals surface area (Å²) in [4.78, 5) is 35.8. The predicted octanol–water partition coefficient (Wildman–Crippen LogP) is 3.30. The molecule has 0 saturated heterocycles. The molecule has 0 atom stereocenters. The van der Waals surface area contributed by atoms with Crippen molar-refractivity contribution in [2.24, 2.45) is 0 Å². The number of carbonyl (C=O) groups is 2. The summed E-state index contributed by atoms with van der Waals surface area (Å²) >= 11 is 0. The van der Waals surface area contributed by atoms with Crippen molar-refractivity contribution in [3.8, 4) is 0 Å². The maximum Gasteiger partial charge on any atom is 0.343 e. The fourth-order valence-electron chi connectivity index (χ4n) is 2.63. The van der Waals surface area contributed by atoms with Crippen LogP contribution in [0.3, 0.4) is 0 Å². The van der Waals surface area contributed by atoms with Gasteiger partial charge >= 0.3 is 17.6 Å². The van der Waals surface area contributed by atoms with Crippen molar-refractivity contribution in [1.82, 2.24) is 0 Å². The molecule has 28 heavy (non-hydrogen) atoms. The van der Waals surface area contributed by atoms with Crippen LogP contribution in [0, 0.1) is 0 Å². The van der Waals surface area contributed by atoms with Crippen molar-refractivity contribution < 1.29 is 24.2 Å². The zero-order valence-corrected chi connectivity index (χ0v) is 15.6. The van der Waals surface area contributed by atoms with Crippen LogP contribution in [0.1, 0.15) is 19.4 Å². The third kappa shape index (κ3) is 4.97. The minimum Gasteiger partial charge on any atom is -0.477 e. The fourth-order valence-corrected chi connectivity index (χ4v) is 2.63. The molecule has 0 unspecified atom stereocenters. The zero-order chi connectivity index (χ0) is 20.7. The van der Waals surface area contributed by atoms with Crippen molar-refractivity contribution in [3.05, 3.63) is 70.1 Å². The fraction of sp³-hybridized carbons (Fsp3) is 0.190. The molecule has 0 bridgehead atoms. The first-order chi connectivity index (χ1) is 13.4. The van der Waals surface area contributed by atoms with Gasteiger partial charge in [0.25, 0.3) is 0 Å². The highest BCUT2D eigenvalue weighted by molar-refractivity contribution is 6.12. The summed E-state index contributed by atoms with van der Waals surface area (Å²) in [6, 6.07) is 7.38. The Balaban J connectivity index is 2.26. The van der Waals surface area contributed by atoms with Gasteiger partial charge in [-0.15, -0.1) is 0 Å². The Morgan fingerprint density at radius 2 is 1.71 bits per heavy atom. The Kier molecular flexibility index (Phi) is 6.92. The van der Waals surface area contributed by atoms with Gasteiger partial charge in [-0.25, -0.2) is 14.4 Å². The van der Waals surface area contributed by atoms with Crippen LogP contribution in [-0.4, -0.2) is 35.2 Å². The molecule has 2 N–H and O–H groups in total. The summed E-state index contributed by atoms with van der Waals surface area (Å²) in [5, 5.41) is 18.3. The minimum atomic E-state index is -1.53. The minimum absolute atomic E-state index is 0.327. The van der Waals surface area contributed by atoms with Crippen LogP contribution in [0.4, 0.5) is 5.69 Å². The second-order valence-electron chi connectivity index (χ2n) is 5.82. The molecule has 2 rings (SSSR count). The molecule has 0 aliphatic carbocycles. The molecule has 1 aromatic carbocycles. The van der Waals surface area contributed by atoms with Crippen LogP contribution in [0.25, 0.3) is 17.0 Å². The zero-order valence-electron chi connectivity index (χ0n) is 15.6. The Labute approximate surface area is 161 Å². The highest BCUT2D eigenvalue weighted by Crippen LogP contribution is 2.22. The smallest absolute Gasteiger partial charge is 0.343 e. The predicted molar refractivity (Wildman–Crippen MR) is 108 cm³/mol. The standard InChI is InChI=1S/C21H21NO6/c1-3-22(4-2)16-11-10-14-12-15(21(27)28-18(14)13-16)8-6-5-7-9-17(19(23)24)20(25)26/h5-13H,3-4H2,1-2H3,(H,23,24)(H,25,26). The normalized spacial score (nSPS) is 11.2. The number of benzene rings is 1. The molecule has 7 heteroatoms. The van der Waals surface area contributed by atoms with E-state index in [0.717, 1.165) is 30.2 Å². The molecular formula is C21H21NO6. The first-order valence-electron chi connectivity index (χ1n) is 8.71. The van der Waals surface area contributed by atoms with Gasteiger partial charge in [0.1, 0.15) is 11.2 Å². The highest BCUT2D eigenvalue weighted by atomic mass is 16.4. The number of nitrogens with zero attached hydrogens (tertiary/aromatic N) is 1. The van der Waals surface area contributed by atoms with Gasteiger partial charge in [0.05, 0.1) is 5.56 Å². The van der Waals surface area contributed by atoms with Crippen molar-refractivity contribution in [2.75, 3.05) is 18.0 Å². The first-order valence-corrected chi connectivity index (χ1v) is 8.71. The molecule has 7 nitrogen and oxygen atoms in total. The van der Waals surface area contributed by atoms with Crippen molar-refractivity contribution in [3.63, 3.8) is 0 Å². The SMILES string of the molecule is CCN(CC)c1ccc2cc(C=CC=CC=C(C(=O)O)C(=O)O)c(=O)oc2c1. The van der Waals surface area contributed by atoms with Gasteiger partial charge in [-0.1, -0.05) is 18.2 Å². The number of allylic oxidation sites excluding steroid dienone is 4. The number of hydrogen-bond acceptors (Lipinski definition) is 5. The topological polar surface area (TPSA) is 108 Å². The largest absolute Gasteiger partial charge is 0.477 e. The third-order valence-corrected chi connectivity index (χ3v) is 4.10. The second-order valence-corrected chi connectivity index (χ2v) is 5.82. The molecule has 0 fully saturated rings. The lowest BCUT2D eigenvalue weighted by Crippen LogP contribution is -2.21. The van der Waals surface area contributed by atoms with Crippen LogP contribution < -0.4 is 10.5 Å². The van der Waals surface area contributed by atoms with Crippen molar-refractivity contribution in [1.29, 1.82) is 0 Å². The van der Waals surface area contributed by atoms with E-state index in [1.807, 2.05) is 18.2 Å². The number of rotatable bonds is 8. The van der Waals surface area contributed by atoms with Gasteiger partial charge in [0, 0.05) is 30.2 Å². The Morgan fingerprint density at radius 1 is 1.04 bits per heavy atom. The first kappa shape index (κ1) is 20.7. The third-order valence-electron chi connectivity index (χ3n) is 4.10. The lowest BCUT2D eigenvalue weighted by Gasteiger charge is -2.20. The number of carboxylic acid groups (broad SMARTS) is 2. The summed E-state index contributed by atoms with van der Waals surface area (Å²) < 4.78 is 5.41. The molecule has 0 aliphatic heterocycles. The molecule has 1 aromatic heterocycles. The van der Waals surface area contributed by atoms with Crippen molar-refractivity contribution in [2.45, 2.75) is 13.8 Å². The van der Waals surface area contributed by atoms with Gasteiger partial charge in [-0.3, -0.25) is 0 Å². The number of carboxylic acids is 2. The lowest BCUT2D eigenvalue weighted by atomic mass is 10.1. The Morgan fingerprint density at radius 3 is 2.32 bits per heavy atom. The van der Waals surface area contributed by atoms with Gasteiger partial charge in [0.2, 0.25) is 0 Å². The Hall–Kier alpha value is -3.61. The van der Waals surface area contributed by atoms with Crippen LogP contribution >= 0.6 is 0 Å².